The fraction of sp³-hybridized carbons (Fsp3) is 0.621. The average molecular weight is 563 g/mol. The number of nitrogens with one attached hydrogen (secondary N) is 2. The molecule has 4 amide bonds. The zero-order chi connectivity index (χ0) is 30.7. The Kier molecular flexibility index (Phi) is 13.1. The van der Waals surface area contributed by atoms with E-state index < -0.39 is 53.0 Å². The van der Waals surface area contributed by atoms with Crippen LogP contribution in [-0.2, 0) is 28.7 Å². The number of nitrogens with two attached hydrogens (primary N) is 1. The Morgan fingerprint density at radius 2 is 1.62 bits per heavy atom. The van der Waals surface area contributed by atoms with Gasteiger partial charge in [0.25, 0.3) is 0 Å². The molecule has 2 unspecified atom stereocenters. The first-order chi connectivity index (χ1) is 18.5. The van der Waals surface area contributed by atoms with Crippen molar-refractivity contribution in [2.75, 3.05) is 13.2 Å². The first kappa shape index (κ1) is 34.4. The third kappa shape index (κ3) is 10.9. The van der Waals surface area contributed by atoms with Crippen LogP contribution in [0.4, 0.5) is 4.79 Å². The SMILES string of the molecule is CCOC(=O)CCNC(=O)C(c1ccccc1C)N(C(=O)C(CCC(N)=O)NC(=O)OC(C)(C)C)C(C)(C)CC. The van der Waals surface area contributed by atoms with Gasteiger partial charge in [0, 0.05) is 18.5 Å². The van der Waals surface area contributed by atoms with Crippen molar-refractivity contribution in [3.8, 4) is 0 Å². The summed E-state index contributed by atoms with van der Waals surface area (Å²) in [5.41, 5.74) is 5.02. The summed E-state index contributed by atoms with van der Waals surface area (Å²) in [5, 5.41) is 5.35. The molecule has 4 N–H and O–H groups in total. The second kappa shape index (κ2) is 15.2. The van der Waals surface area contributed by atoms with Gasteiger partial charge in [-0.1, -0.05) is 31.2 Å². The van der Waals surface area contributed by atoms with Crippen molar-refractivity contribution < 1.29 is 33.4 Å². The van der Waals surface area contributed by atoms with Gasteiger partial charge in [0.05, 0.1) is 13.0 Å². The molecule has 0 bridgehead atoms. The first-order valence-corrected chi connectivity index (χ1v) is 13.6. The first-order valence-electron chi connectivity index (χ1n) is 13.6. The molecule has 0 spiro atoms. The summed E-state index contributed by atoms with van der Waals surface area (Å²) in [6.07, 6.45) is -0.670. The van der Waals surface area contributed by atoms with Crippen LogP contribution in [0.25, 0.3) is 0 Å². The van der Waals surface area contributed by atoms with Crippen molar-refractivity contribution in [3.05, 3.63) is 35.4 Å². The van der Waals surface area contributed by atoms with Crippen LogP contribution in [-0.4, -0.2) is 65.0 Å². The van der Waals surface area contributed by atoms with Crippen LogP contribution in [0.3, 0.4) is 0 Å². The van der Waals surface area contributed by atoms with Crippen molar-refractivity contribution in [1.82, 2.24) is 15.5 Å². The highest BCUT2D eigenvalue weighted by Gasteiger charge is 2.43. The molecule has 0 saturated heterocycles. The van der Waals surface area contributed by atoms with Crippen LogP contribution >= 0.6 is 0 Å². The number of primary amides is 1. The number of rotatable bonds is 14. The van der Waals surface area contributed by atoms with Crippen LogP contribution < -0.4 is 16.4 Å². The molecule has 1 rings (SSSR count). The van der Waals surface area contributed by atoms with Crippen LogP contribution in [0.2, 0.25) is 0 Å². The van der Waals surface area contributed by atoms with E-state index in [9.17, 15) is 24.0 Å². The summed E-state index contributed by atoms with van der Waals surface area (Å²) in [7, 11) is 0. The lowest BCUT2D eigenvalue weighted by molar-refractivity contribution is -0.150. The number of hydrogen-bond acceptors (Lipinski definition) is 7. The molecule has 11 nitrogen and oxygen atoms in total. The van der Waals surface area contributed by atoms with Crippen molar-refractivity contribution in [2.45, 2.75) is 104 Å². The number of hydrogen-bond donors (Lipinski definition) is 3. The van der Waals surface area contributed by atoms with Gasteiger partial charge in [0.2, 0.25) is 17.7 Å². The fourth-order valence-corrected chi connectivity index (χ4v) is 4.02. The van der Waals surface area contributed by atoms with Crippen molar-refractivity contribution in [2.24, 2.45) is 5.73 Å². The molecular weight excluding hydrogens is 516 g/mol. The van der Waals surface area contributed by atoms with E-state index in [1.54, 1.807) is 39.8 Å². The Balaban J connectivity index is 3.59. The van der Waals surface area contributed by atoms with Crippen molar-refractivity contribution in [3.63, 3.8) is 0 Å². The minimum atomic E-state index is -1.20. The number of nitrogens with zero attached hydrogens (tertiary/aromatic N) is 1. The lowest BCUT2D eigenvalue weighted by Gasteiger charge is -2.45. The summed E-state index contributed by atoms with van der Waals surface area (Å²) in [4.78, 5) is 65.8. The van der Waals surface area contributed by atoms with E-state index in [1.165, 1.54) is 4.90 Å². The second-order valence-electron chi connectivity index (χ2n) is 11.2. The van der Waals surface area contributed by atoms with Crippen LogP contribution in [0.5, 0.6) is 0 Å². The normalized spacial score (nSPS) is 13.0. The lowest BCUT2D eigenvalue weighted by Crippen LogP contribution is -2.59. The van der Waals surface area contributed by atoms with Gasteiger partial charge >= 0.3 is 12.1 Å². The van der Waals surface area contributed by atoms with Gasteiger partial charge in [0.15, 0.2) is 0 Å². The number of carbonyl (C=O) groups is 5. The summed E-state index contributed by atoms with van der Waals surface area (Å²) < 4.78 is 10.3. The maximum Gasteiger partial charge on any atom is 0.408 e. The van der Waals surface area contributed by atoms with Crippen LogP contribution in [0, 0.1) is 6.92 Å². The number of carbonyl (C=O) groups excluding carboxylic acids is 5. The van der Waals surface area contributed by atoms with E-state index >= 15 is 0 Å². The molecule has 0 aromatic heterocycles. The minimum Gasteiger partial charge on any atom is -0.466 e. The molecule has 0 aliphatic carbocycles. The smallest absolute Gasteiger partial charge is 0.408 e. The molecular formula is C29H46N4O7. The van der Waals surface area contributed by atoms with E-state index in [0.29, 0.717) is 12.0 Å². The average Bonchev–Trinajstić information content (AvgIpc) is 2.84. The van der Waals surface area contributed by atoms with Gasteiger partial charge in [0.1, 0.15) is 17.7 Å². The number of esters is 1. The minimum absolute atomic E-state index is 0.00982. The number of amides is 4. The lowest BCUT2D eigenvalue weighted by atomic mass is 9.90. The zero-order valence-corrected chi connectivity index (χ0v) is 25.1. The Labute approximate surface area is 237 Å². The van der Waals surface area contributed by atoms with E-state index in [-0.39, 0.29) is 32.4 Å². The quantitative estimate of drug-likeness (QED) is 0.294. The molecule has 0 aliphatic rings. The molecule has 0 saturated carbocycles. The molecule has 40 heavy (non-hydrogen) atoms. The fourth-order valence-electron chi connectivity index (χ4n) is 4.02. The molecule has 0 fully saturated rings. The Hall–Kier alpha value is -3.63. The highest BCUT2D eigenvalue weighted by molar-refractivity contribution is 5.93. The van der Waals surface area contributed by atoms with E-state index in [0.717, 1.165) is 5.56 Å². The molecule has 0 heterocycles. The maximum absolute atomic E-state index is 14.3. The third-order valence-electron chi connectivity index (χ3n) is 6.35. The van der Waals surface area contributed by atoms with Gasteiger partial charge < -0.3 is 30.7 Å². The van der Waals surface area contributed by atoms with Crippen LogP contribution in [0.15, 0.2) is 24.3 Å². The molecule has 224 valence electrons. The van der Waals surface area contributed by atoms with Gasteiger partial charge in [-0.2, -0.15) is 0 Å². The summed E-state index contributed by atoms with van der Waals surface area (Å²) in [6.45, 7) is 14.4. The molecule has 1 aromatic carbocycles. The van der Waals surface area contributed by atoms with Crippen molar-refractivity contribution >= 4 is 29.8 Å². The van der Waals surface area contributed by atoms with Crippen molar-refractivity contribution in [1.29, 1.82) is 0 Å². The number of ether oxygens (including phenoxy) is 2. The highest BCUT2D eigenvalue weighted by atomic mass is 16.6. The summed E-state index contributed by atoms with van der Waals surface area (Å²) >= 11 is 0. The standard InChI is InChI=1S/C29H46N4O7/c1-9-29(7,8)33(26(37)21(15-16-22(30)34)32-27(38)40-28(4,5)6)24(20-14-12-11-13-19(20)3)25(36)31-18-17-23(35)39-10-2/h11-14,21,24H,9-10,15-18H2,1-8H3,(H2,30,34)(H,31,36)(H,32,38). The molecule has 1 aromatic rings. The third-order valence-corrected chi connectivity index (χ3v) is 6.35. The van der Waals surface area contributed by atoms with Gasteiger partial charge in [-0.3, -0.25) is 19.2 Å². The largest absolute Gasteiger partial charge is 0.466 e. The monoisotopic (exact) mass is 562 g/mol. The molecule has 0 radical (unpaired) electrons. The predicted octanol–water partition coefficient (Wildman–Crippen LogP) is 3.28. The van der Waals surface area contributed by atoms with Gasteiger partial charge in [-0.15, -0.1) is 0 Å². The molecule has 0 aliphatic heterocycles. The molecule has 2 atom stereocenters. The topological polar surface area (TPSA) is 157 Å². The maximum atomic E-state index is 14.3. The Bertz CT molecular complexity index is 1050. The summed E-state index contributed by atoms with van der Waals surface area (Å²) in [6, 6.07) is 4.88. The molecule has 11 heteroatoms. The van der Waals surface area contributed by atoms with Gasteiger partial charge in [-0.25, -0.2) is 4.79 Å². The number of aryl methyl sites for hydroxylation is 1. The van der Waals surface area contributed by atoms with Gasteiger partial charge in [-0.05, 0) is 72.4 Å². The Morgan fingerprint density at radius 3 is 2.15 bits per heavy atom. The Morgan fingerprint density at radius 1 is 1.00 bits per heavy atom. The number of benzene rings is 1. The van der Waals surface area contributed by atoms with E-state index in [1.807, 2.05) is 39.8 Å². The van der Waals surface area contributed by atoms with E-state index in [4.69, 9.17) is 15.2 Å². The van der Waals surface area contributed by atoms with Crippen LogP contribution in [0.1, 0.15) is 91.3 Å². The zero-order valence-electron chi connectivity index (χ0n) is 25.1. The number of alkyl carbamates (subject to hydrolysis) is 1. The summed E-state index contributed by atoms with van der Waals surface area (Å²) in [5.74, 6) is -2.17. The highest BCUT2D eigenvalue weighted by Crippen LogP contribution is 2.34. The second-order valence-corrected chi connectivity index (χ2v) is 11.2. The predicted molar refractivity (Wildman–Crippen MR) is 151 cm³/mol. The van der Waals surface area contributed by atoms with E-state index in [2.05, 4.69) is 10.6 Å².